The Balaban J connectivity index is 1.85. The van der Waals surface area contributed by atoms with Crippen molar-refractivity contribution in [2.45, 2.75) is 64.1 Å². The number of carbonyl (C=O) groups excluding carboxylic acids is 1. The second-order valence-corrected chi connectivity index (χ2v) is 6.60. The summed E-state index contributed by atoms with van der Waals surface area (Å²) in [6, 6.07) is 5.59. The van der Waals surface area contributed by atoms with Gasteiger partial charge in [0.15, 0.2) is 0 Å². The summed E-state index contributed by atoms with van der Waals surface area (Å²) in [5.41, 5.74) is -0.431. The molecule has 0 aliphatic heterocycles. The van der Waals surface area contributed by atoms with Crippen LogP contribution in [0, 0.1) is 0 Å². The number of nitrogens with one attached hydrogen (secondary N) is 1. The third-order valence-electron chi connectivity index (χ3n) is 3.66. The van der Waals surface area contributed by atoms with Crippen LogP contribution in [0.5, 0.6) is 0 Å². The Hall–Kier alpha value is -1.78. The SMILES string of the molecule is CC(C)(C)OC(=O)N[C@H]1CC[C@H](n2ccccc2=O)CC1. The zero-order valence-electron chi connectivity index (χ0n) is 13.0. The molecule has 2 rings (SSSR count). The fourth-order valence-corrected chi connectivity index (χ4v) is 2.71. The summed E-state index contributed by atoms with van der Waals surface area (Å²) < 4.78 is 7.06. The maximum absolute atomic E-state index is 11.8. The maximum atomic E-state index is 11.8. The number of pyridine rings is 1. The molecule has 5 nitrogen and oxygen atoms in total. The van der Waals surface area contributed by atoms with Gasteiger partial charge < -0.3 is 14.6 Å². The number of carbonyl (C=O) groups is 1. The number of hydrogen-bond donors (Lipinski definition) is 1. The number of amides is 1. The predicted molar refractivity (Wildman–Crippen MR) is 81.4 cm³/mol. The molecule has 1 saturated carbocycles. The van der Waals surface area contributed by atoms with E-state index in [0.29, 0.717) is 0 Å². The van der Waals surface area contributed by atoms with E-state index in [-0.39, 0.29) is 23.7 Å². The van der Waals surface area contributed by atoms with E-state index in [1.54, 1.807) is 16.7 Å². The van der Waals surface area contributed by atoms with Gasteiger partial charge in [-0.3, -0.25) is 4.79 Å². The molecule has 116 valence electrons. The van der Waals surface area contributed by atoms with Gasteiger partial charge in [0.1, 0.15) is 5.60 Å². The highest BCUT2D eigenvalue weighted by atomic mass is 16.6. The van der Waals surface area contributed by atoms with E-state index in [1.807, 2.05) is 33.0 Å². The molecule has 0 saturated heterocycles. The zero-order chi connectivity index (χ0) is 15.5. The van der Waals surface area contributed by atoms with Crippen LogP contribution in [0.4, 0.5) is 4.79 Å². The summed E-state index contributed by atoms with van der Waals surface area (Å²) in [6.07, 6.45) is 5.00. The summed E-state index contributed by atoms with van der Waals surface area (Å²) in [4.78, 5) is 23.6. The van der Waals surface area contributed by atoms with Crippen LogP contribution in [0.25, 0.3) is 0 Å². The molecule has 1 N–H and O–H groups in total. The Morgan fingerprint density at radius 1 is 1.24 bits per heavy atom. The van der Waals surface area contributed by atoms with Crippen molar-refractivity contribution in [3.8, 4) is 0 Å². The molecule has 1 aliphatic rings. The van der Waals surface area contributed by atoms with E-state index >= 15 is 0 Å². The highest BCUT2D eigenvalue weighted by Gasteiger charge is 2.25. The summed E-state index contributed by atoms with van der Waals surface area (Å²) >= 11 is 0. The lowest BCUT2D eigenvalue weighted by molar-refractivity contribution is 0.0488. The minimum Gasteiger partial charge on any atom is -0.444 e. The van der Waals surface area contributed by atoms with Crippen molar-refractivity contribution in [2.24, 2.45) is 0 Å². The quantitative estimate of drug-likeness (QED) is 0.911. The van der Waals surface area contributed by atoms with Crippen LogP contribution in [0.15, 0.2) is 29.2 Å². The molecule has 1 amide bonds. The van der Waals surface area contributed by atoms with Gasteiger partial charge in [0.2, 0.25) is 0 Å². The molecule has 1 aromatic heterocycles. The molecule has 1 heterocycles. The van der Waals surface area contributed by atoms with E-state index in [1.165, 1.54) is 0 Å². The first-order valence-corrected chi connectivity index (χ1v) is 7.52. The average Bonchev–Trinajstić information content (AvgIpc) is 2.38. The van der Waals surface area contributed by atoms with Gasteiger partial charge in [-0.25, -0.2) is 4.79 Å². The lowest BCUT2D eigenvalue weighted by Gasteiger charge is -2.31. The Morgan fingerprint density at radius 3 is 2.48 bits per heavy atom. The number of nitrogens with zero attached hydrogens (tertiary/aromatic N) is 1. The summed E-state index contributed by atoms with van der Waals surface area (Å²) in [6.45, 7) is 5.56. The standard InChI is InChI=1S/C16H24N2O3/c1-16(2,3)21-15(20)17-12-7-9-13(10-8-12)18-11-5-4-6-14(18)19/h4-6,11-13H,7-10H2,1-3H3,(H,17,20)/t12-,13-. The van der Waals surface area contributed by atoms with Crippen LogP contribution in [0.3, 0.4) is 0 Å². The van der Waals surface area contributed by atoms with Crippen molar-refractivity contribution in [3.05, 3.63) is 34.7 Å². The van der Waals surface area contributed by atoms with Gasteiger partial charge in [-0.2, -0.15) is 0 Å². The van der Waals surface area contributed by atoms with E-state index in [2.05, 4.69) is 5.32 Å². The average molecular weight is 292 g/mol. The second kappa shape index (κ2) is 6.33. The molecular formula is C16H24N2O3. The molecule has 0 aromatic carbocycles. The van der Waals surface area contributed by atoms with Gasteiger partial charge in [-0.15, -0.1) is 0 Å². The van der Waals surface area contributed by atoms with E-state index in [9.17, 15) is 9.59 Å². The number of alkyl carbamates (subject to hydrolysis) is 1. The molecule has 0 radical (unpaired) electrons. The molecule has 1 aliphatic carbocycles. The summed E-state index contributed by atoms with van der Waals surface area (Å²) in [5, 5.41) is 2.91. The number of rotatable bonds is 2. The van der Waals surface area contributed by atoms with Crippen LogP contribution < -0.4 is 10.9 Å². The van der Waals surface area contributed by atoms with Crippen LogP contribution in [0.1, 0.15) is 52.5 Å². The van der Waals surface area contributed by atoms with Crippen LogP contribution in [0.2, 0.25) is 0 Å². The largest absolute Gasteiger partial charge is 0.444 e. The van der Waals surface area contributed by atoms with Gasteiger partial charge in [0.05, 0.1) is 0 Å². The van der Waals surface area contributed by atoms with Gasteiger partial charge in [-0.1, -0.05) is 6.07 Å². The van der Waals surface area contributed by atoms with Crippen molar-refractivity contribution in [1.29, 1.82) is 0 Å². The third-order valence-corrected chi connectivity index (χ3v) is 3.66. The third kappa shape index (κ3) is 4.62. The Morgan fingerprint density at radius 2 is 1.90 bits per heavy atom. The van der Waals surface area contributed by atoms with Gasteiger partial charge >= 0.3 is 6.09 Å². The molecule has 0 bridgehead atoms. The van der Waals surface area contributed by atoms with Crippen LogP contribution in [-0.4, -0.2) is 22.3 Å². The molecular weight excluding hydrogens is 268 g/mol. The first kappa shape index (κ1) is 15.6. The Bertz CT molecular complexity index is 537. The molecule has 0 atom stereocenters. The van der Waals surface area contributed by atoms with Crippen LogP contribution >= 0.6 is 0 Å². The summed E-state index contributed by atoms with van der Waals surface area (Å²) in [5.74, 6) is 0. The monoisotopic (exact) mass is 292 g/mol. The van der Waals surface area contributed by atoms with Crippen molar-refractivity contribution >= 4 is 6.09 Å². The predicted octanol–water partition coefficient (Wildman–Crippen LogP) is 2.86. The molecule has 1 aromatic rings. The highest BCUT2D eigenvalue weighted by Crippen LogP contribution is 2.27. The Kier molecular flexibility index (Phi) is 4.70. The van der Waals surface area contributed by atoms with Gasteiger partial charge in [0.25, 0.3) is 5.56 Å². The van der Waals surface area contributed by atoms with Crippen molar-refractivity contribution in [3.63, 3.8) is 0 Å². The Labute approximate surface area is 125 Å². The van der Waals surface area contributed by atoms with Crippen molar-refractivity contribution < 1.29 is 9.53 Å². The minimum atomic E-state index is -0.474. The van der Waals surface area contributed by atoms with Crippen molar-refractivity contribution in [1.82, 2.24) is 9.88 Å². The molecule has 0 spiro atoms. The lowest BCUT2D eigenvalue weighted by atomic mass is 9.91. The highest BCUT2D eigenvalue weighted by molar-refractivity contribution is 5.68. The minimum absolute atomic E-state index is 0.0426. The smallest absolute Gasteiger partial charge is 0.407 e. The molecule has 21 heavy (non-hydrogen) atoms. The fraction of sp³-hybridized carbons (Fsp3) is 0.625. The van der Waals surface area contributed by atoms with Crippen LogP contribution in [-0.2, 0) is 4.74 Å². The maximum Gasteiger partial charge on any atom is 0.407 e. The van der Waals surface area contributed by atoms with Crippen molar-refractivity contribution in [2.75, 3.05) is 0 Å². The molecule has 0 unspecified atom stereocenters. The molecule has 5 heteroatoms. The number of aromatic nitrogens is 1. The van der Waals surface area contributed by atoms with Gasteiger partial charge in [-0.05, 0) is 52.5 Å². The first-order valence-electron chi connectivity index (χ1n) is 7.52. The first-order chi connectivity index (χ1) is 9.85. The second-order valence-electron chi connectivity index (χ2n) is 6.60. The van der Waals surface area contributed by atoms with E-state index in [0.717, 1.165) is 25.7 Å². The lowest BCUT2D eigenvalue weighted by Crippen LogP contribution is -2.41. The topological polar surface area (TPSA) is 60.3 Å². The van der Waals surface area contributed by atoms with Gasteiger partial charge in [0, 0.05) is 24.3 Å². The zero-order valence-corrected chi connectivity index (χ0v) is 13.0. The molecule has 1 fully saturated rings. The number of ether oxygens (including phenoxy) is 1. The fourth-order valence-electron chi connectivity index (χ4n) is 2.71. The van der Waals surface area contributed by atoms with E-state index < -0.39 is 5.60 Å². The summed E-state index contributed by atoms with van der Waals surface area (Å²) in [7, 11) is 0. The normalized spacial score (nSPS) is 22.6. The van der Waals surface area contributed by atoms with E-state index in [4.69, 9.17) is 4.74 Å². The number of hydrogen-bond acceptors (Lipinski definition) is 3.